The highest BCUT2D eigenvalue weighted by atomic mass is 15.1. The Balaban J connectivity index is 1.56. The maximum Gasteiger partial charge on any atom is 0.166 e. The second kappa shape index (κ2) is 8.75. The largest absolute Gasteiger partial charge is 0.405 e. The molecule has 2 N–H and O–H groups in total. The van der Waals surface area contributed by atoms with Crippen molar-refractivity contribution < 1.29 is 0 Å². The van der Waals surface area contributed by atoms with Crippen LogP contribution in [-0.4, -0.2) is 19.1 Å². The number of nitrogens with zero attached hydrogens (tertiary/aromatic N) is 4. The highest BCUT2D eigenvalue weighted by Crippen LogP contribution is 2.35. The molecule has 0 radical (unpaired) electrons. The summed E-state index contributed by atoms with van der Waals surface area (Å²) < 4.78 is 4.42. The van der Waals surface area contributed by atoms with Gasteiger partial charge in [0.25, 0.3) is 0 Å². The van der Waals surface area contributed by atoms with Gasteiger partial charge in [-0.3, -0.25) is 9.13 Å². The first-order chi connectivity index (χ1) is 18.8. The monoisotopic (exact) mass is 491 g/mol. The molecule has 7 rings (SSSR count). The number of fused-ring (bicyclic) bond motifs is 6. The Kier molecular flexibility index (Phi) is 5.08. The van der Waals surface area contributed by atoms with Crippen molar-refractivity contribution in [2.75, 3.05) is 0 Å². The third kappa shape index (κ3) is 3.26. The summed E-state index contributed by atoms with van der Waals surface area (Å²) in [7, 11) is 0. The van der Waals surface area contributed by atoms with Gasteiger partial charge in [0, 0.05) is 22.1 Å². The van der Waals surface area contributed by atoms with Crippen LogP contribution in [0.4, 0.5) is 0 Å². The zero-order valence-electron chi connectivity index (χ0n) is 20.9. The Bertz CT molecular complexity index is 2020. The van der Waals surface area contributed by atoms with Crippen LogP contribution in [0.5, 0.6) is 0 Å². The molecule has 0 aliphatic rings. The summed E-state index contributed by atoms with van der Waals surface area (Å²) in [6.45, 7) is 2.02. The maximum absolute atomic E-state index is 5.66. The van der Waals surface area contributed by atoms with Crippen LogP contribution in [0.1, 0.15) is 12.5 Å². The molecule has 0 unspecified atom stereocenters. The summed E-state index contributed by atoms with van der Waals surface area (Å²) >= 11 is 0. The quantitative estimate of drug-likeness (QED) is 0.259. The second-order valence-corrected chi connectivity index (χ2v) is 9.26. The van der Waals surface area contributed by atoms with Crippen molar-refractivity contribution in [2.45, 2.75) is 6.92 Å². The topological polar surface area (TPSA) is 61.7 Å². The third-order valence-corrected chi connectivity index (χ3v) is 7.14. The van der Waals surface area contributed by atoms with E-state index in [9.17, 15) is 0 Å². The summed E-state index contributed by atoms with van der Waals surface area (Å²) in [5, 5.41) is 2.17. The van der Waals surface area contributed by atoms with Crippen molar-refractivity contribution in [3.8, 4) is 11.4 Å². The molecule has 0 bridgehead atoms. The van der Waals surface area contributed by atoms with Gasteiger partial charge >= 0.3 is 0 Å². The van der Waals surface area contributed by atoms with E-state index in [-0.39, 0.29) is 0 Å². The van der Waals surface area contributed by atoms with E-state index in [1.165, 1.54) is 0 Å². The molecule has 0 aliphatic carbocycles. The Morgan fingerprint density at radius 3 is 1.71 bits per heavy atom. The fourth-order valence-electron chi connectivity index (χ4n) is 5.42. The molecular weight excluding hydrogens is 466 g/mol. The minimum atomic E-state index is 0.833. The van der Waals surface area contributed by atoms with Crippen molar-refractivity contribution >= 4 is 49.7 Å². The van der Waals surface area contributed by atoms with E-state index in [1.54, 1.807) is 6.20 Å². The van der Waals surface area contributed by atoms with Crippen LogP contribution in [0, 0.1) is 0 Å². The van der Waals surface area contributed by atoms with E-state index in [0.29, 0.717) is 0 Å². The Hall–Kier alpha value is -5.16. The van der Waals surface area contributed by atoms with Gasteiger partial charge in [0.05, 0.1) is 11.0 Å². The number of hydrogen-bond acceptors (Lipinski definition) is 3. The van der Waals surface area contributed by atoms with Crippen LogP contribution in [0.15, 0.2) is 121 Å². The van der Waals surface area contributed by atoms with Gasteiger partial charge in [-0.05, 0) is 66.7 Å². The van der Waals surface area contributed by atoms with E-state index >= 15 is 0 Å². The highest BCUT2D eigenvalue weighted by molar-refractivity contribution is 6.12. The van der Waals surface area contributed by atoms with E-state index in [4.69, 9.17) is 15.7 Å². The Morgan fingerprint density at radius 2 is 1.16 bits per heavy atom. The van der Waals surface area contributed by atoms with Crippen LogP contribution in [0.25, 0.3) is 61.1 Å². The smallest absolute Gasteiger partial charge is 0.166 e. The van der Waals surface area contributed by atoms with E-state index < -0.39 is 0 Å². The third-order valence-electron chi connectivity index (χ3n) is 7.14. The molecule has 38 heavy (non-hydrogen) atoms. The van der Waals surface area contributed by atoms with Gasteiger partial charge in [-0.1, -0.05) is 72.8 Å². The molecule has 7 aromatic rings. The lowest BCUT2D eigenvalue weighted by Crippen LogP contribution is -1.99. The zero-order chi connectivity index (χ0) is 25.6. The molecule has 0 amide bonds. The Morgan fingerprint density at radius 1 is 0.632 bits per heavy atom. The summed E-state index contributed by atoms with van der Waals surface area (Å²) in [6, 6.07) is 35.7. The molecule has 4 aromatic carbocycles. The number of para-hydroxylation sites is 3. The maximum atomic E-state index is 5.66. The number of hydrogen-bond donors (Lipinski definition) is 1. The van der Waals surface area contributed by atoms with Gasteiger partial charge in [0.15, 0.2) is 11.3 Å². The number of rotatable bonds is 4. The molecule has 5 heteroatoms. The van der Waals surface area contributed by atoms with Gasteiger partial charge in [-0.25, -0.2) is 9.97 Å². The van der Waals surface area contributed by atoms with E-state index in [0.717, 1.165) is 66.6 Å². The second-order valence-electron chi connectivity index (χ2n) is 9.26. The highest BCUT2D eigenvalue weighted by Gasteiger charge is 2.20. The molecule has 0 saturated carbocycles. The lowest BCUT2D eigenvalue weighted by Gasteiger charge is -2.10. The molecular formula is C33H25N5. The Labute approximate surface area is 219 Å². The number of nitrogens with two attached hydrogens (primary N) is 1. The standard InChI is InChI=1S/C33H25N5/c1-2-22(20-21-34)23-16-18-25(19-17-23)38-29-15-9-7-13-27(29)31-33(38)36-32-30(35-31)26-12-6-8-14-28(26)37(32)24-10-4-3-5-11-24/h2-21H,34H2,1H3/b21-20-,22-2+. The van der Waals surface area contributed by atoms with Crippen molar-refractivity contribution in [1.82, 2.24) is 19.1 Å². The molecule has 5 nitrogen and oxygen atoms in total. The molecule has 0 atom stereocenters. The van der Waals surface area contributed by atoms with Gasteiger partial charge in [-0.2, -0.15) is 0 Å². The zero-order valence-corrected chi connectivity index (χ0v) is 20.9. The van der Waals surface area contributed by atoms with Crippen LogP contribution < -0.4 is 5.73 Å². The normalized spacial score (nSPS) is 12.5. The van der Waals surface area contributed by atoms with Gasteiger partial charge in [0.1, 0.15) is 11.0 Å². The van der Waals surface area contributed by atoms with Crippen molar-refractivity contribution in [3.05, 3.63) is 127 Å². The first-order valence-electron chi connectivity index (χ1n) is 12.7. The molecule has 3 heterocycles. The van der Waals surface area contributed by atoms with Crippen molar-refractivity contribution in [3.63, 3.8) is 0 Å². The molecule has 3 aromatic heterocycles. The van der Waals surface area contributed by atoms with Crippen molar-refractivity contribution in [2.24, 2.45) is 5.73 Å². The molecule has 0 spiro atoms. The molecule has 0 fully saturated rings. The fraction of sp³-hybridized carbons (Fsp3) is 0.0303. The predicted octanol–water partition coefficient (Wildman–Crippen LogP) is 7.55. The fourth-order valence-corrected chi connectivity index (χ4v) is 5.42. The molecule has 182 valence electrons. The lowest BCUT2D eigenvalue weighted by molar-refractivity contribution is 1.10. The first kappa shape index (κ1) is 22.1. The van der Waals surface area contributed by atoms with Crippen LogP contribution >= 0.6 is 0 Å². The van der Waals surface area contributed by atoms with Gasteiger partial charge in [0.2, 0.25) is 0 Å². The number of allylic oxidation sites excluding steroid dienone is 3. The van der Waals surface area contributed by atoms with Gasteiger partial charge < -0.3 is 5.73 Å². The predicted molar refractivity (Wildman–Crippen MR) is 158 cm³/mol. The van der Waals surface area contributed by atoms with Crippen molar-refractivity contribution in [1.29, 1.82) is 0 Å². The number of benzene rings is 4. The van der Waals surface area contributed by atoms with Crippen LogP contribution in [0.2, 0.25) is 0 Å². The molecule has 0 saturated heterocycles. The first-order valence-corrected chi connectivity index (χ1v) is 12.7. The summed E-state index contributed by atoms with van der Waals surface area (Å²) in [4.78, 5) is 10.6. The lowest BCUT2D eigenvalue weighted by atomic mass is 10.1. The average molecular weight is 492 g/mol. The number of aromatic nitrogens is 4. The average Bonchev–Trinajstić information content (AvgIpc) is 3.47. The summed E-state index contributed by atoms with van der Waals surface area (Å²) in [6.07, 6.45) is 5.55. The summed E-state index contributed by atoms with van der Waals surface area (Å²) in [5.74, 6) is 0. The minimum Gasteiger partial charge on any atom is -0.405 e. The summed E-state index contributed by atoms with van der Waals surface area (Å²) in [5.41, 5.74) is 15.6. The van der Waals surface area contributed by atoms with Gasteiger partial charge in [-0.15, -0.1) is 0 Å². The van der Waals surface area contributed by atoms with Crippen LogP contribution in [0.3, 0.4) is 0 Å². The van der Waals surface area contributed by atoms with E-state index in [2.05, 4.69) is 112 Å². The minimum absolute atomic E-state index is 0.833. The SMILES string of the molecule is C/C=C(\C=C/N)c1ccc(-n2c3ccccc3c3nc4c5ccccc5n(-c5ccccc5)c4nc32)cc1. The molecule has 0 aliphatic heterocycles. The van der Waals surface area contributed by atoms with Crippen LogP contribution in [-0.2, 0) is 0 Å². The van der Waals surface area contributed by atoms with E-state index in [1.807, 2.05) is 19.1 Å².